The van der Waals surface area contributed by atoms with Crippen molar-refractivity contribution in [2.45, 2.75) is 6.92 Å². The minimum absolute atomic E-state index is 0.431. The fourth-order valence-corrected chi connectivity index (χ4v) is 0.692. The number of rotatable bonds is 0. The number of aromatic nitrogens is 6. The molecule has 0 amide bonds. The summed E-state index contributed by atoms with van der Waals surface area (Å²) in [6.07, 6.45) is 1.60. The molecule has 0 aliphatic heterocycles. The number of fused-ring (bicyclic) bond motifs is 1. The van der Waals surface area contributed by atoms with Crippen LogP contribution in [0.15, 0.2) is 6.20 Å². The van der Waals surface area contributed by atoms with Crippen LogP contribution in [-0.4, -0.2) is 30.2 Å². The minimum Gasteiger partial charge on any atom is -0.179 e. The van der Waals surface area contributed by atoms with Gasteiger partial charge in [-0.25, -0.2) is 0 Å². The summed E-state index contributed by atoms with van der Waals surface area (Å²) in [5.41, 5.74) is 0.870. The first kappa shape index (κ1) is 5.21. The van der Waals surface area contributed by atoms with Crippen molar-refractivity contribution in [1.82, 2.24) is 30.2 Å². The van der Waals surface area contributed by atoms with Gasteiger partial charge in [-0.3, -0.25) is 0 Å². The Hall–Kier alpha value is -1.59. The van der Waals surface area contributed by atoms with Crippen LogP contribution in [0.1, 0.15) is 5.69 Å². The van der Waals surface area contributed by atoms with Crippen molar-refractivity contribution < 1.29 is 0 Å². The molecule has 0 radical (unpaired) electrons. The van der Waals surface area contributed by atoms with E-state index in [1.807, 2.05) is 6.92 Å². The van der Waals surface area contributed by atoms with Crippen molar-refractivity contribution in [2.75, 3.05) is 0 Å². The third-order valence-electron chi connectivity index (χ3n) is 1.18. The fraction of sp³-hybridized carbons (Fsp3) is 0.250. The highest BCUT2D eigenvalue weighted by Gasteiger charge is 1.98. The van der Waals surface area contributed by atoms with Crippen molar-refractivity contribution >= 4 is 5.78 Å². The van der Waals surface area contributed by atoms with Gasteiger partial charge in [-0.2, -0.15) is 9.61 Å². The highest BCUT2D eigenvalue weighted by atomic mass is 15.5. The van der Waals surface area contributed by atoms with Crippen LogP contribution >= 0.6 is 0 Å². The van der Waals surface area contributed by atoms with Gasteiger partial charge in [-0.1, -0.05) is 5.10 Å². The second kappa shape index (κ2) is 1.69. The molecule has 6 nitrogen and oxygen atoms in total. The molecule has 0 saturated carbocycles. The third kappa shape index (κ3) is 0.554. The second-order valence-electron chi connectivity index (χ2n) is 1.88. The second-order valence-corrected chi connectivity index (χ2v) is 1.88. The summed E-state index contributed by atoms with van der Waals surface area (Å²) >= 11 is 0. The van der Waals surface area contributed by atoms with Crippen LogP contribution in [0.25, 0.3) is 5.78 Å². The number of tetrazole rings is 1. The summed E-state index contributed by atoms with van der Waals surface area (Å²) < 4.78 is 1.52. The van der Waals surface area contributed by atoms with E-state index in [2.05, 4.69) is 25.7 Å². The zero-order valence-corrected chi connectivity index (χ0v) is 5.26. The highest BCUT2D eigenvalue weighted by Crippen LogP contribution is 1.92. The van der Waals surface area contributed by atoms with Crippen LogP contribution in [0, 0.1) is 6.92 Å². The number of nitrogens with zero attached hydrogens (tertiary/aromatic N) is 6. The molecule has 2 aromatic heterocycles. The number of hydrogen-bond acceptors (Lipinski definition) is 5. The Balaban J connectivity index is 2.95. The Bertz CT molecular complexity index is 351. The topological polar surface area (TPSA) is 68.9 Å². The zero-order chi connectivity index (χ0) is 6.97. The zero-order valence-electron chi connectivity index (χ0n) is 5.26. The van der Waals surface area contributed by atoms with Gasteiger partial charge in [0.25, 0.3) is 5.78 Å². The average Bonchev–Trinajstić information content (AvgIpc) is 2.36. The molecule has 0 aliphatic rings. The van der Waals surface area contributed by atoms with Gasteiger partial charge in [0.2, 0.25) is 0 Å². The molecule has 0 aliphatic carbocycles. The Kier molecular flexibility index (Phi) is 0.883. The molecule has 0 bridgehead atoms. The lowest BCUT2D eigenvalue weighted by atomic mass is 10.5. The minimum atomic E-state index is 0.431. The molecule has 0 saturated heterocycles. The Labute approximate surface area is 55.9 Å². The van der Waals surface area contributed by atoms with Crippen molar-refractivity contribution in [1.29, 1.82) is 0 Å². The molecule has 2 aromatic rings. The normalized spacial score (nSPS) is 10.5. The molecule has 10 heavy (non-hydrogen) atoms. The monoisotopic (exact) mass is 136 g/mol. The van der Waals surface area contributed by atoms with Gasteiger partial charge in [-0.15, -0.1) is 5.10 Å². The summed E-state index contributed by atoms with van der Waals surface area (Å²) in [5, 5.41) is 18.1. The molecule has 0 aromatic carbocycles. The van der Waals surface area contributed by atoms with Crippen LogP contribution < -0.4 is 0 Å². The number of hydrogen-bond donors (Lipinski definition) is 0. The molecule has 6 heteroatoms. The van der Waals surface area contributed by atoms with E-state index in [0.29, 0.717) is 5.78 Å². The van der Waals surface area contributed by atoms with Crippen LogP contribution in [0.2, 0.25) is 0 Å². The van der Waals surface area contributed by atoms with Gasteiger partial charge in [-0.05, 0) is 17.4 Å². The summed E-state index contributed by atoms with van der Waals surface area (Å²) in [4.78, 5) is 0. The van der Waals surface area contributed by atoms with E-state index < -0.39 is 0 Å². The summed E-state index contributed by atoms with van der Waals surface area (Å²) in [5.74, 6) is 0.431. The predicted molar refractivity (Wildman–Crippen MR) is 31.1 cm³/mol. The van der Waals surface area contributed by atoms with E-state index in [-0.39, 0.29) is 0 Å². The highest BCUT2D eigenvalue weighted by molar-refractivity contribution is 5.20. The molecule has 2 rings (SSSR count). The van der Waals surface area contributed by atoms with Crippen LogP contribution in [0.5, 0.6) is 0 Å². The Morgan fingerprint density at radius 2 is 2.30 bits per heavy atom. The summed E-state index contributed by atoms with van der Waals surface area (Å²) in [6.45, 7) is 1.86. The first-order valence-corrected chi connectivity index (χ1v) is 2.74. The van der Waals surface area contributed by atoms with Crippen molar-refractivity contribution in [3.8, 4) is 0 Å². The first-order valence-electron chi connectivity index (χ1n) is 2.74. The maximum absolute atomic E-state index is 3.68. The van der Waals surface area contributed by atoms with Gasteiger partial charge < -0.3 is 0 Å². The standard InChI is InChI=1S/C4H4N6/c1-3-2-5-6-4-7-8-9-10(3)4/h2H,1H3. The summed E-state index contributed by atoms with van der Waals surface area (Å²) in [6, 6.07) is 0. The van der Waals surface area contributed by atoms with Crippen LogP contribution in [0.3, 0.4) is 0 Å². The van der Waals surface area contributed by atoms with Crippen LogP contribution in [0.4, 0.5) is 0 Å². The Morgan fingerprint density at radius 1 is 1.40 bits per heavy atom. The van der Waals surface area contributed by atoms with E-state index in [1.165, 1.54) is 4.52 Å². The van der Waals surface area contributed by atoms with Crippen LogP contribution in [-0.2, 0) is 0 Å². The van der Waals surface area contributed by atoms with E-state index in [1.54, 1.807) is 6.20 Å². The van der Waals surface area contributed by atoms with Crippen molar-refractivity contribution in [3.05, 3.63) is 11.9 Å². The predicted octanol–water partition coefficient (Wildman–Crippen LogP) is -0.777. The van der Waals surface area contributed by atoms with Crippen molar-refractivity contribution in [3.63, 3.8) is 0 Å². The lowest BCUT2D eigenvalue weighted by Gasteiger charge is -1.89. The van der Waals surface area contributed by atoms with Gasteiger partial charge >= 0.3 is 0 Å². The molecule has 50 valence electrons. The van der Waals surface area contributed by atoms with Gasteiger partial charge in [0.1, 0.15) is 0 Å². The first-order chi connectivity index (χ1) is 4.88. The van der Waals surface area contributed by atoms with E-state index in [9.17, 15) is 0 Å². The molecule has 0 atom stereocenters. The average molecular weight is 136 g/mol. The van der Waals surface area contributed by atoms with Gasteiger partial charge in [0.05, 0.1) is 11.9 Å². The fourth-order valence-electron chi connectivity index (χ4n) is 0.692. The molecule has 0 unspecified atom stereocenters. The molecule has 0 spiro atoms. The van der Waals surface area contributed by atoms with Crippen molar-refractivity contribution in [2.24, 2.45) is 0 Å². The van der Waals surface area contributed by atoms with E-state index in [0.717, 1.165) is 5.69 Å². The molecular formula is C4H4N6. The molecule has 0 fully saturated rings. The quantitative estimate of drug-likeness (QED) is 0.475. The molecular weight excluding hydrogens is 132 g/mol. The molecule has 0 N–H and O–H groups in total. The van der Waals surface area contributed by atoms with E-state index >= 15 is 0 Å². The van der Waals surface area contributed by atoms with Gasteiger partial charge in [0, 0.05) is 0 Å². The summed E-state index contributed by atoms with van der Waals surface area (Å²) in [7, 11) is 0. The smallest absolute Gasteiger partial charge is 0.179 e. The maximum Gasteiger partial charge on any atom is 0.292 e. The molecule has 2 heterocycles. The Morgan fingerprint density at radius 3 is 3.10 bits per heavy atom. The maximum atomic E-state index is 3.68. The lowest BCUT2D eigenvalue weighted by Crippen LogP contribution is -1.97. The van der Waals surface area contributed by atoms with Gasteiger partial charge in [0.15, 0.2) is 0 Å². The number of aryl methyl sites for hydroxylation is 1. The lowest BCUT2D eigenvalue weighted by molar-refractivity contribution is 0.786. The van der Waals surface area contributed by atoms with E-state index in [4.69, 9.17) is 0 Å². The SMILES string of the molecule is Cc1cnnc2nnnn12. The third-order valence-corrected chi connectivity index (χ3v) is 1.18. The largest absolute Gasteiger partial charge is 0.292 e.